The molecule has 0 saturated heterocycles. The van der Waals surface area contributed by atoms with Gasteiger partial charge in [0.25, 0.3) is 5.91 Å². The van der Waals surface area contributed by atoms with Crippen LogP contribution in [-0.4, -0.2) is 22.7 Å². The van der Waals surface area contributed by atoms with Crippen molar-refractivity contribution >= 4 is 16.8 Å². The molecule has 1 aliphatic heterocycles. The second-order valence-corrected chi connectivity index (χ2v) is 6.94. The Balaban J connectivity index is 1.29. The number of H-pyrrole nitrogens is 1. The summed E-state index contributed by atoms with van der Waals surface area (Å²) in [6.07, 6.45) is 2.69. The Hall–Kier alpha value is -3.60. The van der Waals surface area contributed by atoms with E-state index in [1.54, 1.807) is 12.3 Å². The number of hydrogen-bond donors (Lipinski definition) is 2. The van der Waals surface area contributed by atoms with Crippen LogP contribution in [0.2, 0.25) is 0 Å². The number of aromatic nitrogens is 2. The number of carbonyl (C=O) groups is 1. The van der Waals surface area contributed by atoms with Crippen LogP contribution in [0, 0.1) is 0 Å². The summed E-state index contributed by atoms with van der Waals surface area (Å²) in [5, 5.41) is 10.8. The summed E-state index contributed by atoms with van der Waals surface area (Å²) in [6.45, 7) is 1.24. The summed E-state index contributed by atoms with van der Waals surface area (Å²) in [6, 6.07) is 20.2. The zero-order chi connectivity index (χ0) is 18.9. The zero-order valence-corrected chi connectivity index (χ0v) is 15.2. The SMILES string of the molecule is O=C(NCc1ccc(-c2ccc3c(c2)CCO3)cc1)c1cccc2cn[nH]c12. The van der Waals surface area contributed by atoms with Gasteiger partial charge in [-0.1, -0.05) is 42.5 Å². The number of rotatable bonds is 4. The Morgan fingerprint density at radius 1 is 1.07 bits per heavy atom. The van der Waals surface area contributed by atoms with Crippen molar-refractivity contribution in [1.29, 1.82) is 0 Å². The molecule has 3 aromatic carbocycles. The van der Waals surface area contributed by atoms with Gasteiger partial charge in [0.2, 0.25) is 0 Å². The lowest BCUT2D eigenvalue weighted by Gasteiger charge is -2.08. The van der Waals surface area contributed by atoms with Gasteiger partial charge in [-0.2, -0.15) is 5.10 Å². The summed E-state index contributed by atoms with van der Waals surface area (Å²) in [5.41, 5.74) is 6.03. The highest BCUT2D eigenvalue weighted by molar-refractivity contribution is 6.05. The number of ether oxygens (including phenoxy) is 1. The van der Waals surface area contributed by atoms with Crippen LogP contribution in [0.4, 0.5) is 0 Å². The molecule has 5 nitrogen and oxygen atoms in total. The van der Waals surface area contributed by atoms with Crippen molar-refractivity contribution in [3.05, 3.63) is 83.6 Å². The first-order valence-corrected chi connectivity index (χ1v) is 9.33. The molecular weight excluding hydrogens is 350 g/mol. The van der Waals surface area contributed by atoms with Gasteiger partial charge >= 0.3 is 0 Å². The highest BCUT2D eigenvalue weighted by Crippen LogP contribution is 2.30. The quantitative estimate of drug-likeness (QED) is 0.569. The smallest absolute Gasteiger partial charge is 0.253 e. The molecule has 138 valence electrons. The van der Waals surface area contributed by atoms with Gasteiger partial charge in [0, 0.05) is 18.4 Å². The lowest BCUT2D eigenvalue weighted by Crippen LogP contribution is -2.23. The van der Waals surface area contributed by atoms with E-state index >= 15 is 0 Å². The first kappa shape index (κ1) is 16.6. The molecule has 0 radical (unpaired) electrons. The highest BCUT2D eigenvalue weighted by atomic mass is 16.5. The van der Waals surface area contributed by atoms with Gasteiger partial charge in [-0.15, -0.1) is 0 Å². The minimum atomic E-state index is -0.113. The Kier molecular flexibility index (Phi) is 4.05. The molecule has 0 spiro atoms. The lowest BCUT2D eigenvalue weighted by atomic mass is 10.0. The predicted molar refractivity (Wildman–Crippen MR) is 108 cm³/mol. The van der Waals surface area contributed by atoms with Gasteiger partial charge in [0.05, 0.1) is 23.9 Å². The predicted octanol–water partition coefficient (Wildman–Crippen LogP) is 4.09. The summed E-state index contributed by atoms with van der Waals surface area (Å²) in [7, 11) is 0. The van der Waals surface area contributed by atoms with Crippen LogP contribution in [0.15, 0.2) is 66.9 Å². The molecule has 1 aliphatic rings. The first-order chi connectivity index (χ1) is 13.8. The van der Waals surface area contributed by atoms with Crippen LogP contribution in [0.1, 0.15) is 21.5 Å². The molecule has 2 heterocycles. The van der Waals surface area contributed by atoms with E-state index in [0.29, 0.717) is 12.1 Å². The Labute approximate surface area is 162 Å². The van der Waals surface area contributed by atoms with E-state index in [1.807, 2.05) is 18.2 Å². The fourth-order valence-electron chi connectivity index (χ4n) is 3.62. The van der Waals surface area contributed by atoms with Gasteiger partial charge in [-0.3, -0.25) is 9.89 Å². The van der Waals surface area contributed by atoms with E-state index in [4.69, 9.17) is 4.74 Å². The second kappa shape index (κ2) is 6.85. The molecule has 5 rings (SSSR count). The minimum absolute atomic E-state index is 0.113. The maximum Gasteiger partial charge on any atom is 0.253 e. The number of nitrogens with zero attached hydrogens (tertiary/aromatic N) is 1. The maximum absolute atomic E-state index is 12.6. The van der Waals surface area contributed by atoms with Crippen LogP contribution in [0.5, 0.6) is 5.75 Å². The molecule has 4 aromatic rings. The van der Waals surface area contributed by atoms with E-state index in [0.717, 1.165) is 40.8 Å². The fraction of sp³-hybridized carbons (Fsp3) is 0.130. The van der Waals surface area contributed by atoms with E-state index in [1.165, 1.54) is 11.1 Å². The molecule has 0 atom stereocenters. The van der Waals surface area contributed by atoms with E-state index < -0.39 is 0 Å². The Bertz CT molecular complexity index is 1160. The summed E-state index contributed by atoms with van der Waals surface area (Å²) in [5.74, 6) is 0.882. The number of carbonyl (C=O) groups excluding carboxylic acids is 1. The average Bonchev–Trinajstić information content (AvgIpc) is 3.40. The fourth-order valence-corrected chi connectivity index (χ4v) is 3.62. The number of fused-ring (bicyclic) bond motifs is 2. The highest BCUT2D eigenvalue weighted by Gasteiger charge is 2.13. The Morgan fingerprint density at radius 2 is 1.93 bits per heavy atom. The number of nitrogens with one attached hydrogen (secondary N) is 2. The van der Waals surface area contributed by atoms with Gasteiger partial charge < -0.3 is 10.1 Å². The third kappa shape index (κ3) is 3.01. The normalized spacial score (nSPS) is 12.6. The number of benzene rings is 3. The largest absolute Gasteiger partial charge is 0.493 e. The molecule has 5 heteroatoms. The van der Waals surface area contributed by atoms with Crippen molar-refractivity contribution in [2.24, 2.45) is 0 Å². The van der Waals surface area contributed by atoms with E-state index in [2.05, 4.69) is 51.9 Å². The minimum Gasteiger partial charge on any atom is -0.493 e. The van der Waals surface area contributed by atoms with Crippen LogP contribution in [-0.2, 0) is 13.0 Å². The van der Waals surface area contributed by atoms with Crippen LogP contribution in [0.3, 0.4) is 0 Å². The molecule has 2 N–H and O–H groups in total. The number of hydrogen-bond acceptors (Lipinski definition) is 3. The van der Waals surface area contributed by atoms with Crippen molar-refractivity contribution in [2.75, 3.05) is 6.61 Å². The molecule has 0 aliphatic carbocycles. The van der Waals surface area contributed by atoms with Gasteiger partial charge in [0.1, 0.15) is 5.75 Å². The molecule has 28 heavy (non-hydrogen) atoms. The molecule has 1 amide bonds. The molecule has 0 unspecified atom stereocenters. The summed E-state index contributed by atoms with van der Waals surface area (Å²) < 4.78 is 5.57. The number of para-hydroxylation sites is 1. The number of amides is 1. The summed E-state index contributed by atoms with van der Waals surface area (Å²) in [4.78, 5) is 12.6. The summed E-state index contributed by atoms with van der Waals surface area (Å²) >= 11 is 0. The third-order valence-electron chi connectivity index (χ3n) is 5.15. The van der Waals surface area contributed by atoms with Crippen LogP contribution in [0.25, 0.3) is 22.0 Å². The monoisotopic (exact) mass is 369 g/mol. The lowest BCUT2D eigenvalue weighted by molar-refractivity contribution is 0.0952. The van der Waals surface area contributed by atoms with Gasteiger partial charge in [-0.25, -0.2) is 0 Å². The molecule has 0 fully saturated rings. The molecule has 0 saturated carbocycles. The topological polar surface area (TPSA) is 67.0 Å². The van der Waals surface area contributed by atoms with Crippen molar-refractivity contribution in [1.82, 2.24) is 15.5 Å². The van der Waals surface area contributed by atoms with Crippen LogP contribution < -0.4 is 10.1 Å². The van der Waals surface area contributed by atoms with Crippen molar-refractivity contribution in [3.8, 4) is 16.9 Å². The van der Waals surface area contributed by atoms with Crippen molar-refractivity contribution in [3.63, 3.8) is 0 Å². The third-order valence-corrected chi connectivity index (χ3v) is 5.15. The first-order valence-electron chi connectivity index (χ1n) is 9.33. The number of aromatic amines is 1. The van der Waals surface area contributed by atoms with Gasteiger partial charge in [-0.05, 0) is 40.5 Å². The average molecular weight is 369 g/mol. The van der Waals surface area contributed by atoms with E-state index in [9.17, 15) is 4.79 Å². The molecule has 1 aromatic heterocycles. The van der Waals surface area contributed by atoms with Crippen molar-refractivity contribution in [2.45, 2.75) is 13.0 Å². The van der Waals surface area contributed by atoms with E-state index in [-0.39, 0.29) is 5.91 Å². The standard InChI is InChI=1S/C23H19N3O2/c27-23(20-3-1-2-19-14-25-26-22(19)20)24-13-15-4-6-16(7-5-15)17-8-9-21-18(12-17)10-11-28-21/h1-9,12,14H,10-11,13H2,(H,24,27)(H,25,26). The van der Waals surface area contributed by atoms with Crippen LogP contribution >= 0.6 is 0 Å². The maximum atomic E-state index is 12.6. The van der Waals surface area contributed by atoms with Gasteiger partial charge in [0.15, 0.2) is 0 Å². The molecular formula is C23H19N3O2. The zero-order valence-electron chi connectivity index (χ0n) is 15.2. The van der Waals surface area contributed by atoms with Crippen molar-refractivity contribution < 1.29 is 9.53 Å². The molecule has 0 bridgehead atoms. The Morgan fingerprint density at radius 3 is 2.82 bits per heavy atom. The second-order valence-electron chi connectivity index (χ2n) is 6.94.